The number of hydrogen-bond acceptors (Lipinski definition) is 5. The van der Waals surface area contributed by atoms with E-state index in [2.05, 4.69) is 0 Å². The fourth-order valence-corrected chi connectivity index (χ4v) is 6.37. The van der Waals surface area contributed by atoms with Gasteiger partial charge in [-0.2, -0.15) is 0 Å². The highest BCUT2D eigenvalue weighted by Gasteiger charge is 2.70. The number of benzene rings is 2. The Hall–Kier alpha value is -1.60. The summed E-state index contributed by atoms with van der Waals surface area (Å²) in [6.07, 6.45) is 0. The highest BCUT2D eigenvalue weighted by atomic mass is 35.5. The molecular formula is C20H24ClNO4S. The van der Waals surface area contributed by atoms with Crippen molar-refractivity contribution in [3.63, 3.8) is 0 Å². The third-order valence-electron chi connectivity index (χ3n) is 5.29. The smallest absolute Gasteiger partial charge is 0.182 e. The lowest BCUT2D eigenvalue weighted by Gasteiger charge is -2.16. The Bertz CT molecular complexity index is 883. The summed E-state index contributed by atoms with van der Waals surface area (Å²) in [4.78, 5) is 0.252. The number of sulfone groups is 1. The Kier molecular flexibility index (Phi) is 5.82. The lowest BCUT2D eigenvalue weighted by atomic mass is 10.00. The molecule has 2 aromatic carbocycles. The standard InChI is InChI=1S/C20H24ClNO4S/c1-3-26-13-20(12-22)18(14-4-8-16(25-2)9-5-14)19(20)27(23,24)17-10-6-15(21)7-11-17/h4-11,18-19H,3,12-13,22H2,1-2H3/t18-,19-,20-/m0/s1. The second-order valence-electron chi connectivity index (χ2n) is 6.74. The highest BCUT2D eigenvalue weighted by Crippen LogP contribution is 2.63. The maximum Gasteiger partial charge on any atom is 0.182 e. The second-order valence-corrected chi connectivity index (χ2v) is 9.25. The molecule has 3 atom stereocenters. The molecule has 0 unspecified atom stereocenters. The number of rotatable bonds is 8. The Morgan fingerprint density at radius 3 is 2.26 bits per heavy atom. The predicted molar refractivity (Wildman–Crippen MR) is 106 cm³/mol. The summed E-state index contributed by atoms with van der Waals surface area (Å²) in [5.74, 6) is 0.486. The quantitative estimate of drug-likeness (QED) is 0.723. The summed E-state index contributed by atoms with van der Waals surface area (Å²) in [6, 6.07) is 13.7. The van der Waals surface area contributed by atoms with E-state index < -0.39 is 20.5 Å². The first kappa shape index (κ1) is 20.1. The van der Waals surface area contributed by atoms with Crippen LogP contribution < -0.4 is 10.5 Å². The number of hydrogen-bond donors (Lipinski definition) is 1. The van der Waals surface area contributed by atoms with Crippen LogP contribution in [0.3, 0.4) is 0 Å². The molecule has 3 rings (SSSR count). The van der Waals surface area contributed by atoms with Gasteiger partial charge in [-0.1, -0.05) is 23.7 Å². The molecule has 0 aromatic heterocycles. The van der Waals surface area contributed by atoms with Crippen molar-refractivity contribution < 1.29 is 17.9 Å². The average Bonchev–Trinajstić information content (AvgIpc) is 3.37. The van der Waals surface area contributed by atoms with Crippen molar-refractivity contribution in [1.82, 2.24) is 0 Å². The van der Waals surface area contributed by atoms with Crippen LogP contribution in [-0.2, 0) is 14.6 Å². The first-order chi connectivity index (χ1) is 12.9. The van der Waals surface area contributed by atoms with Gasteiger partial charge in [0, 0.05) is 29.5 Å². The van der Waals surface area contributed by atoms with Crippen LogP contribution in [0.2, 0.25) is 5.02 Å². The molecule has 1 saturated carbocycles. The Morgan fingerprint density at radius 1 is 1.11 bits per heavy atom. The van der Waals surface area contributed by atoms with Gasteiger partial charge in [-0.25, -0.2) is 8.42 Å². The number of nitrogens with two attached hydrogens (primary N) is 1. The van der Waals surface area contributed by atoms with Gasteiger partial charge >= 0.3 is 0 Å². The minimum absolute atomic E-state index is 0.223. The molecule has 1 aliphatic rings. The molecule has 0 amide bonds. The highest BCUT2D eigenvalue weighted by molar-refractivity contribution is 7.92. The lowest BCUT2D eigenvalue weighted by Crippen LogP contribution is -2.29. The topological polar surface area (TPSA) is 78.6 Å². The molecule has 27 heavy (non-hydrogen) atoms. The number of halogens is 1. The third-order valence-corrected chi connectivity index (χ3v) is 7.88. The largest absolute Gasteiger partial charge is 0.497 e. The van der Waals surface area contributed by atoms with Crippen LogP contribution in [0.1, 0.15) is 18.4 Å². The van der Waals surface area contributed by atoms with E-state index in [1.807, 2.05) is 31.2 Å². The number of methoxy groups -OCH3 is 1. The van der Waals surface area contributed by atoms with Crippen molar-refractivity contribution in [1.29, 1.82) is 0 Å². The molecular weight excluding hydrogens is 386 g/mol. The average molecular weight is 410 g/mol. The molecule has 5 nitrogen and oxygen atoms in total. The van der Waals surface area contributed by atoms with Gasteiger partial charge in [0.05, 0.1) is 23.9 Å². The fraction of sp³-hybridized carbons (Fsp3) is 0.400. The molecule has 1 aliphatic carbocycles. The molecule has 0 radical (unpaired) electrons. The minimum atomic E-state index is -3.60. The van der Waals surface area contributed by atoms with Gasteiger partial charge in [0.1, 0.15) is 5.75 Å². The van der Waals surface area contributed by atoms with E-state index in [-0.39, 0.29) is 17.4 Å². The van der Waals surface area contributed by atoms with Gasteiger partial charge < -0.3 is 15.2 Å². The van der Waals surface area contributed by atoms with Gasteiger partial charge in [-0.3, -0.25) is 0 Å². The Balaban J connectivity index is 2.02. The normalized spacial score (nSPS) is 24.6. The van der Waals surface area contributed by atoms with Gasteiger partial charge in [-0.15, -0.1) is 0 Å². The molecule has 0 saturated heterocycles. The van der Waals surface area contributed by atoms with E-state index in [1.165, 1.54) is 0 Å². The number of ether oxygens (including phenoxy) is 2. The molecule has 2 aromatic rings. The van der Waals surface area contributed by atoms with E-state index in [1.54, 1.807) is 31.4 Å². The van der Waals surface area contributed by atoms with E-state index in [0.29, 0.717) is 18.2 Å². The summed E-state index contributed by atoms with van der Waals surface area (Å²) in [7, 11) is -2.00. The van der Waals surface area contributed by atoms with Gasteiger partial charge in [-0.05, 0) is 48.9 Å². The summed E-state index contributed by atoms with van der Waals surface area (Å²) < 4.78 is 37.6. The fourth-order valence-electron chi connectivity index (χ4n) is 3.80. The van der Waals surface area contributed by atoms with Crippen molar-refractivity contribution in [3.05, 3.63) is 59.1 Å². The van der Waals surface area contributed by atoms with Crippen LogP contribution in [0.25, 0.3) is 0 Å². The van der Waals surface area contributed by atoms with Crippen LogP contribution >= 0.6 is 11.6 Å². The summed E-state index contributed by atoms with van der Waals surface area (Å²) in [5, 5.41) is -0.146. The van der Waals surface area contributed by atoms with E-state index >= 15 is 0 Å². The summed E-state index contributed by atoms with van der Waals surface area (Å²) in [6.45, 7) is 2.91. The summed E-state index contributed by atoms with van der Waals surface area (Å²) in [5.41, 5.74) is 6.36. The summed E-state index contributed by atoms with van der Waals surface area (Å²) >= 11 is 5.92. The van der Waals surface area contributed by atoms with Gasteiger partial charge in [0.15, 0.2) is 9.84 Å². The first-order valence-corrected chi connectivity index (χ1v) is 10.7. The molecule has 2 N–H and O–H groups in total. The third kappa shape index (κ3) is 3.59. The van der Waals surface area contributed by atoms with Crippen LogP contribution in [0, 0.1) is 5.41 Å². The second kappa shape index (κ2) is 7.80. The molecule has 0 bridgehead atoms. The monoisotopic (exact) mass is 409 g/mol. The van der Waals surface area contributed by atoms with Crippen LogP contribution in [0.5, 0.6) is 5.75 Å². The predicted octanol–water partition coefficient (Wildman–Crippen LogP) is 3.27. The lowest BCUT2D eigenvalue weighted by molar-refractivity contribution is 0.101. The maximum atomic E-state index is 13.4. The van der Waals surface area contributed by atoms with Crippen LogP contribution in [-0.4, -0.2) is 40.5 Å². The zero-order valence-electron chi connectivity index (χ0n) is 15.4. The molecule has 0 aliphatic heterocycles. The maximum absolute atomic E-state index is 13.4. The Morgan fingerprint density at radius 2 is 1.74 bits per heavy atom. The van der Waals surface area contributed by atoms with Crippen molar-refractivity contribution >= 4 is 21.4 Å². The van der Waals surface area contributed by atoms with Gasteiger partial charge in [0.2, 0.25) is 0 Å². The van der Waals surface area contributed by atoms with Crippen molar-refractivity contribution in [3.8, 4) is 5.75 Å². The van der Waals surface area contributed by atoms with Gasteiger partial charge in [0.25, 0.3) is 0 Å². The zero-order valence-corrected chi connectivity index (χ0v) is 17.0. The molecule has 7 heteroatoms. The molecule has 0 heterocycles. The van der Waals surface area contributed by atoms with Crippen molar-refractivity contribution in [2.45, 2.75) is 23.0 Å². The zero-order chi connectivity index (χ0) is 19.7. The van der Waals surface area contributed by atoms with Crippen molar-refractivity contribution in [2.24, 2.45) is 11.1 Å². The molecule has 1 fully saturated rings. The van der Waals surface area contributed by atoms with E-state index in [9.17, 15) is 8.42 Å². The van der Waals surface area contributed by atoms with E-state index in [0.717, 1.165) is 11.3 Å². The molecule has 146 valence electrons. The Labute approximate surface area is 165 Å². The van der Waals surface area contributed by atoms with Crippen molar-refractivity contribution in [2.75, 3.05) is 26.9 Å². The first-order valence-electron chi connectivity index (χ1n) is 8.82. The van der Waals surface area contributed by atoms with Crippen LogP contribution in [0.4, 0.5) is 0 Å². The minimum Gasteiger partial charge on any atom is -0.497 e. The van der Waals surface area contributed by atoms with Crippen LogP contribution in [0.15, 0.2) is 53.4 Å². The SMILES string of the molecule is CCOC[C@@]1(CN)[C@@H](c2ccc(OC)cc2)[C@@H]1S(=O)(=O)c1ccc(Cl)cc1. The van der Waals surface area contributed by atoms with E-state index in [4.69, 9.17) is 26.8 Å². The molecule has 0 spiro atoms.